The number of rotatable bonds is 1. The van der Waals surface area contributed by atoms with E-state index in [-0.39, 0.29) is 0 Å². The molecule has 1 nitrogen and oxygen atoms in total. The lowest BCUT2D eigenvalue weighted by Gasteiger charge is -2.24. The molecule has 0 unspecified atom stereocenters. The summed E-state index contributed by atoms with van der Waals surface area (Å²) in [5.74, 6) is 0. The van der Waals surface area contributed by atoms with E-state index in [0.717, 1.165) is 13.1 Å². The van der Waals surface area contributed by atoms with Crippen LogP contribution in [-0.2, 0) is 0 Å². The van der Waals surface area contributed by atoms with Crippen LogP contribution in [0.3, 0.4) is 0 Å². The molecule has 0 N–H and O–H groups in total. The summed E-state index contributed by atoms with van der Waals surface area (Å²) in [6.07, 6.45) is 5.59. The lowest BCUT2D eigenvalue weighted by molar-refractivity contribution is 0.377. The minimum atomic E-state index is 1.05. The maximum absolute atomic E-state index is 3.87. The zero-order valence-electron chi connectivity index (χ0n) is 5.93. The lowest BCUT2D eigenvalue weighted by Crippen LogP contribution is -2.24. The highest BCUT2D eigenvalue weighted by Crippen LogP contribution is 2.06. The summed E-state index contributed by atoms with van der Waals surface area (Å²) in [7, 11) is 0. The van der Waals surface area contributed by atoms with E-state index in [9.17, 15) is 0 Å². The van der Waals surface area contributed by atoms with Crippen LogP contribution in [0, 0.1) is 0 Å². The average molecular weight is 123 g/mol. The smallest absolute Gasteiger partial charge is 0.0356 e. The second-order valence-electron chi connectivity index (χ2n) is 2.44. The highest BCUT2D eigenvalue weighted by atomic mass is 15.1. The molecular formula is C8H13N. The highest BCUT2D eigenvalue weighted by Gasteiger charge is 2.02. The summed E-state index contributed by atoms with van der Waals surface area (Å²) in [4.78, 5) is 2.28. The Balaban J connectivity index is 2.44. The van der Waals surface area contributed by atoms with Gasteiger partial charge in [0.05, 0.1) is 0 Å². The van der Waals surface area contributed by atoms with Crippen LogP contribution in [0.1, 0.15) is 13.3 Å². The molecule has 0 aromatic carbocycles. The molecule has 50 valence electrons. The Kier molecular flexibility index (Phi) is 1.93. The Labute approximate surface area is 56.7 Å². The van der Waals surface area contributed by atoms with Crippen molar-refractivity contribution in [3.05, 3.63) is 24.4 Å². The van der Waals surface area contributed by atoms with Gasteiger partial charge in [0, 0.05) is 18.8 Å². The lowest BCUT2D eigenvalue weighted by atomic mass is 10.2. The molecule has 0 fully saturated rings. The van der Waals surface area contributed by atoms with Crippen molar-refractivity contribution in [3.8, 4) is 0 Å². The third kappa shape index (κ3) is 1.60. The monoisotopic (exact) mass is 123 g/mol. The van der Waals surface area contributed by atoms with E-state index in [1.165, 1.54) is 12.1 Å². The molecule has 0 atom stereocenters. The van der Waals surface area contributed by atoms with Crippen molar-refractivity contribution in [2.24, 2.45) is 0 Å². The van der Waals surface area contributed by atoms with Crippen LogP contribution in [-0.4, -0.2) is 18.0 Å². The first-order chi connectivity index (χ1) is 4.30. The van der Waals surface area contributed by atoms with Gasteiger partial charge in [0.25, 0.3) is 0 Å². The van der Waals surface area contributed by atoms with Crippen molar-refractivity contribution in [1.82, 2.24) is 4.90 Å². The Morgan fingerprint density at radius 1 is 1.56 bits per heavy atom. The van der Waals surface area contributed by atoms with Gasteiger partial charge < -0.3 is 4.90 Å². The topological polar surface area (TPSA) is 3.24 Å². The largest absolute Gasteiger partial charge is 0.371 e. The van der Waals surface area contributed by atoms with E-state index in [0.29, 0.717) is 0 Å². The van der Waals surface area contributed by atoms with Crippen LogP contribution in [0.4, 0.5) is 0 Å². The van der Waals surface area contributed by atoms with E-state index < -0.39 is 0 Å². The molecule has 9 heavy (non-hydrogen) atoms. The molecule has 1 rings (SSSR count). The molecular weight excluding hydrogens is 110 g/mol. The number of hydrogen-bond acceptors (Lipinski definition) is 1. The van der Waals surface area contributed by atoms with E-state index in [2.05, 4.69) is 30.6 Å². The fourth-order valence-corrected chi connectivity index (χ4v) is 0.988. The Morgan fingerprint density at radius 3 is 2.67 bits per heavy atom. The van der Waals surface area contributed by atoms with Crippen molar-refractivity contribution < 1.29 is 0 Å². The fourth-order valence-electron chi connectivity index (χ4n) is 0.988. The predicted octanol–water partition coefficient (Wildman–Crippen LogP) is 1.78. The minimum Gasteiger partial charge on any atom is -0.371 e. The normalized spacial score (nSPS) is 18.1. The second-order valence-corrected chi connectivity index (χ2v) is 2.44. The summed E-state index contributed by atoms with van der Waals surface area (Å²) < 4.78 is 0. The number of allylic oxidation sites excluding steroid dienone is 1. The highest BCUT2D eigenvalue weighted by molar-refractivity contribution is 4.99. The predicted molar refractivity (Wildman–Crippen MR) is 40.1 cm³/mol. The standard InChI is InChI=1S/C8H13N/c1-8(2)9-6-4-3-5-7-9/h3-4H,1,5-7H2,2H3. The summed E-state index contributed by atoms with van der Waals surface area (Å²) in [6, 6.07) is 0. The summed E-state index contributed by atoms with van der Waals surface area (Å²) in [5, 5.41) is 0. The third-order valence-corrected chi connectivity index (χ3v) is 1.60. The van der Waals surface area contributed by atoms with Crippen LogP contribution >= 0.6 is 0 Å². The van der Waals surface area contributed by atoms with Gasteiger partial charge in [-0.3, -0.25) is 0 Å². The molecule has 0 saturated heterocycles. The molecule has 0 aromatic heterocycles. The van der Waals surface area contributed by atoms with Crippen molar-refractivity contribution in [1.29, 1.82) is 0 Å². The van der Waals surface area contributed by atoms with Crippen LogP contribution < -0.4 is 0 Å². The zero-order chi connectivity index (χ0) is 6.69. The molecule has 0 amide bonds. The molecule has 1 aliphatic heterocycles. The molecule has 0 radical (unpaired) electrons. The first-order valence-corrected chi connectivity index (χ1v) is 3.36. The van der Waals surface area contributed by atoms with Crippen LogP contribution in [0.25, 0.3) is 0 Å². The third-order valence-electron chi connectivity index (χ3n) is 1.60. The van der Waals surface area contributed by atoms with Crippen molar-refractivity contribution in [3.63, 3.8) is 0 Å². The molecule has 0 aliphatic carbocycles. The Morgan fingerprint density at radius 2 is 2.33 bits per heavy atom. The zero-order valence-corrected chi connectivity index (χ0v) is 5.93. The van der Waals surface area contributed by atoms with Gasteiger partial charge in [0.2, 0.25) is 0 Å². The molecule has 1 aliphatic rings. The van der Waals surface area contributed by atoms with Crippen molar-refractivity contribution in [2.75, 3.05) is 13.1 Å². The van der Waals surface area contributed by atoms with Crippen LogP contribution in [0.2, 0.25) is 0 Å². The van der Waals surface area contributed by atoms with Gasteiger partial charge in [0.1, 0.15) is 0 Å². The van der Waals surface area contributed by atoms with Gasteiger partial charge in [-0.25, -0.2) is 0 Å². The van der Waals surface area contributed by atoms with E-state index in [1.54, 1.807) is 0 Å². The molecule has 0 aromatic rings. The van der Waals surface area contributed by atoms with Crippen molar-refractivity contribution >= 4 is 0 Å². The summed E-state index contributed by atoms with van der Waals surface area (Å²) in [5.41, 5.74) is 1.18. The van der Waals surface area contributed by atoms with Gasteiger partial charge in [-0.15, -0.1) is 0 Å². The first-order valence-electron chi connectivity index (χ1n) is 3.36. The number of hydrogen-bond donors (Lipinski definition) is 0. The maximum atomic E-state index is 3.87. The average Bonchev–Trinajstić information content (AvgIpc) is 1.90. The Bertz CT molecular complexity index is 136. The second kappa shape index (κ2) is 2.72. The fraction of sp³-hybridized carbons (Fsp3) is 0.500. The Hall–Kier alpha value is -0.720. The number of nitrogens with zero attached hydrogens (tertiary/aromatic N) is 1. The van der Waals surface area contributed by atoms with E-state index in [1.807, 2.05) is 0 Å². The van der Waals surface area contributed by atoms with Crippen LogP contribution in [0.5, 0.6) is 0 Å². The van der Waals surface area contributed by atoms with Gasteiger partial charge in [-0.1, -0.05) is 18.7 Å². The molecule has 0 spiro atoms. The van der Waals surface area contributed by atoms with Gasteiger partial charge in [-0.2, -0.15) is 0 Å². The maximum Gasteiger partial charge on any atom is 0.0356 e. The van der Waals surface area contributed by atoms with E-state index in [4.69, 9.17) is 0 Å². The SMILES string of the molecule is C=C(C)N1CC=CCC1. The van der Waals surface area contributed by atoms with Crippen LogP contribution in [0.15, 0.2) is 24.4 Å². The summed E-state index contributed by atoms with van der Waals surface area (Å²) >= 11 is 0. The molecule has 0 saturated carbocycles. The first kappa shape index (κ1) is 6.40. The van der Waals surface area contributed by atoms with Gasteiger partial charge >= 0.3 is 0 Å². The minimum absolute atomic E-state index is 1.05. The van der Waals surface area contributed by atoms with E-state index >= 15 is 0 Å². The van der Waals surface area contributed by atoms with Gasteiger partial charge in [0.15, 0.2) is 0 Å². The summed E-state index contributed by atoms with van der Waals surface area (Å²) in [6.45, 7) is 8.12. The quantitative estimate of drug-likeness (QED) is 0.480. The van der Waals surface area contributed by atoms with Crippen molar-refractivity contribution in [2.45, 2.75) is 13.3 Å². The molecule has 1 heteroatoms. The van der Waals surface area contributed by atoms with Gasteiger partial charge in [-0.05, 0) is 13.3 Å². The molecule has 1 heterocycles. The molecule has 0 bridgehead atoms.